The van der Waals surface area contributed by atoms with Gasteiger partial charge in [-0.25, -0.2) is 9.78 Å². The monoisotopic (exact) mass is 230 g/mol. The zero-order valence-corrected chi connectivity index (χ0v) is 8.88. The molecular formula is C12H10N2O3. The summed E-state index contributed by atoms with van der Waals surface area (Å²) in [5, 5.41) is 12.0. The fourth-order valence-electron chi connectivity index (χ4n) is 2.08. The molecule has 1 atom stereocenters. The number of hydrogen-bond acceptors (Lipinski definition) is 4. The van der Waals surface area contributed by atoms with Crippen molar-refractivity contribution in [3.8, 4) is 0 Å². The number of para-hydroxylation sites is 1. The Morgan fingerprint density at radius 1 is 1.47 bits per heavy atom. The van der Waals surface area contributed by atoms with Crippen LogP contribution in [-0.2, 0) is 0 Å². The Hall–Kier alpha value is -2.30. The van der Waals surface area contributed by atoms with Gasteiger partial charge in [-0.3, -0.25) is 0 Å². The highest BCUT2D eigenvalue weighted by molar-refractivity contribution is 5.82. The second kappa shape index (κ2) is 3.62. The number of carbonyl (C=O) groups is 1. The van der Waals surface area contributed by atoms with Crippen molar-refractivity contribution in [2.75, 3.05) is 11.9 Å². The first-order chi connectivity index (χ1) is 8.25. The van der Waals surface area contributed by atoms with Crippen molar-refractivity contribution < 1.29 is 14.3 Å². The van der Waals surface area contributed by atoms with E-state index < -0.39 is 5.97 Å². The summed E-state index contributed by atoms with van der Waals surface area (Å²) >= 11 is 0. The lowest BCUT2D eigenvalue weighted by Gasteiger charge is -2.04. The van der Waals surface area contributed by atoms with Crippen molar-refractivity contribution in [1.29, 1.82) is 0 Å². The second-order valence-corrected chi connectivity index (χ2v) is 3.89. The van der Waals surface area contributed by atoms with Crippen LogP contribution in [0.2, 0.25) is 0 Å². The molecule has 0 aliphatic carbocycles. The van der Waals surface area contributed by atoms with Gasteiger partial charge in [-0.2, -0.15) is 0 Å². The highest BCUT2D eigenvalue weighted by Crippen LogP contribution is 2.35. The molecule has 0 bridgehead atoms. The maximum atomic E-state index is 10.7. The Morgan fingerprint density at radius 3 is 3.06 bits per heavy atom. The van der Waals surface area contributed by atoms with Crippen molar-refractivity contribution >= 4 is 11.7 Å². The third-order valence-corrected chi connectivity index (χ3v) is 2.88. The predicted octanol–water partition coefficient (Wildman–Crippen LogP) is 1.93. The van der Waals surface area contributed by atoms with Gasteiger partial charge in [-0.05, 0) is 11.6 Å². The Labute approximate surface area is 97.1 Å². The molecule has 2 aromatic rings. The van der Waals surface area contributed by atoms with Crippen LogP contribution in [0.4, 0.5) is 5.69 Å². The van der Waals surface area contributed by atoms with Crippen molar-refractivity contribution in [3.63, 3.8) is 0 Å². The highest BCUT2D eigenvalue weighted by atomic mass is 16.4. The van der Waals surface area contributed by atoms with Gasteiger partial charge in [-0.15, -0.1) is 0 Å². The van der Waals surface area contributed by atoms with Crippen molar-refractivity contribution in [3.05, 3.63) is 47.7 Å². The second-order valence-electron chi connectivity index (χ2n) is 3.89. The van der Waals surface area contributed by atoms with E-state index in [9.17, 15) is 4.79 Å². The van der Waals surface area contributed by atoms with Crippen molar-refractivity contribution in [2.24, 2.45) is 0 Å². The molecule has 1 aromatic carbocycles. The van der Waals surface area contributed by atoms with Crippen molar-refractivity contribution in [2.45, 2.75) is 5.92 Å². The number of aromatic carboxylic acids is 1. The van der Waals surface area contributed by atoms with Crippen LogP contribution in [0.3, 0.4) is 0 Å². The summed E-state index contributed by atoms with van der Waals surface area (Å²) in [4.78, 5) is 14.4. The molecule has 1 aliphatic heterocycles. The molecule has 0 radical (unpaired) electrons. The average molecular weight is 230 g/mol. The number of carboxylic acids is 1. The third-order valence-electron chi connectivity index (χ3n) is 2.88. The van der Waals surface area contributed by atoms with E-state index in [1.165, 1.54) is 6.20 Å². The molecule has 17 heavy (non-hydrogen) atoms. The molecule has 86 valence electrons. The Morgan fingerprint density at radius 2 is 2.29 bits per heavy atom. The maximum Gasteiger partial charge on any atom is 0.392 e. The number of rotatable bonds is 2. The fraction of sp³-hybridized carbons (Fsp3) is 0.167. The minimum absolute atomic E-state index is 0.0341. The average Bonchev–Trinajstić information content (AvgIpc) is 2.95. The standard InChI is InChI=1S/C12H10N2O3/c15-12(16)11-14-6-10(17-11)8-5-13-9-4-2-1-3-7(8)9/h1-4,6,8,13H,5H2,(H,15,16). The third kappa shape index (κ3) is 1.56. The summed E-state index contributed by atoms with van der Waals surface area (Å²) in [5.74, 6) is -0.786. The first kappa shape index (κ1) is 9.89. The molecule has 0 saturated carbocycles. The van der Waals surface area contributed by atoms with Gasteiger partial charge in [0, 0.05) is 12.2 Å². The topological polar surface area (TPSA) is 75.4 Å². The van der Waals surface area contributed by atoms with E-state index in [1.807, 2.05) is 24.3 Å². The maximum absolute atomic E-state index is 10.7. The summed E-state index contributed by atoms with van der Waals surface area (Å²) in [6.45, 7) is 0.702. The van der Waals surface area contributed by atoms with Gasteiger partial charge < -0.3 is 14.8 Å². The zero-order chi connectivity index (χ0) is 11.8. The summed E-state index contributed by atoms with van der Waals surface area (Å²) in [6, 6.07) is 7.90. The molecule has 1 aliphatic rings. The van der Waals surface area contributed by atoms with Gasteiger partial charge in [0.15, 0.2) is 0 Å². The van der Waals surface area contributed by atoms with E-state index in [2.05, 4.69) is 10.3 Å². The number of oxazole rings is 1. The van der Waals surface area contributed by atoms with E-state index in [0.717, 1.165) is 11.3 Å². The molecule has 0 amide bonds. The summed E-state index contributed by atoms with van der Waals surface area (Å²) in [5.41, 5.74) is 2.17. The van der Waals surface area contributed by atoms with Crippen LogP contribution in [0.15, 0.2) is 34.9 Å². The molecule has 1 aromatic heterocycles. The Kier molecular flexibility index (Phi) is 2.11. The Balaban J connectivity index is 1.98. The van der Waals surface area contributed by atoms with E-state index in [1.54, 1.807) is 0 Å². The predicted molar refractivity (Wildman–Crippen MR) is 60.2 cm³/mol. The molecule has 5 heteroatoms. The molecule has 2 N–H and O–H groups in total. The SMILES string of the molecule is O=C(O)c1ncc(C2CNc3ccccc32)o1. The van der Waals surface area contributed by atoms with Crippen LogP contribution in [0.5, 0.6) is 0 Å². The van der Waals surface area contributed by atoms with Crippen LogP contribution < -0.4 is 5.32 Å². The number of nitrogens with zero attached hydrogens (tertiary/aromatic N) is 1. The normalized spacial score (nSPS) is 17.5. The lowest BCUT2D eigenvalue weighted by Crippen LogP contribution is -2.02. The molecule has 0 saturated heterocycles. The number of nitrogens with one attached hydrogen (secondary N) is 1. The van der Waals surface area contributed by atoms with E-state index in [-0.39, 0.29) is 11.8 Å². The van der Waals surface area contributed by atoms with Crippen LogP contribution in [0.25, 0.3) is 0 Å². The molecule has 0 spiro atoms. The molecule has 3 rings (SSSR count). The first-order valence-corrected chi connectivity index (χ1v) is 5.27. The fourth-order valence-corrected chi connectivity index (χ4v) is 2.08. The zero-order valence-electron chi connectivity index (χ0n) is 8.88. The molecule has 0 fully saturated rings. The number of aromatic nitrogens is 1. The lowest BCUT2D eigenvalue weighted by molar-refractivity contribution is 0.0651. The number of fused-ring (bicyclic) bond motifs is 1. The van der Waals surface area contributed by atoms with Crippen LogP contribution in [0.1, 0.15) is 27.9 Å². The molecule has 1 unspecified atom stereocenters. The quantitative estimate of drug-likeness (QED) is 0.824. The number of anilines is 1. The Bertz CT molecular complexity index is 577. The van der Waals surface area contributed by atoms with E-state index in [0.29, 0.717) is 12.3 Å². The number of hydrogen-bond donors (Lipinski definition) is 2. The minimum Gasteiger partial charge on any atom is -0.474 e. The van der Waals surface area contributed by atoms with E-state index in [4.69, 9.17) is 9.52 Å². The van der Waals surface area contributed by atoms with E-state index >= 15 is 0 Å². The number of carboxylic acid groups (broad SMARTS) is 1. The largest absolute Gasteiger partial charge is 0.474 e. The molecule has 2 heterocycles. The van der Waals surface area contributed by atoms with Crippen LogP contribution in [0, 0.1) is 0 Å². The summed E-state index contributed by atoms with van der Waals surface area (Å²) in [7, 11) is 0. The van der Waals surface area contributed by atoms with Gasteiger partial charge in [0.25, 0.3) is 0 Å². The van der Waals surface area contributed by atoms with Crippen molar-refractivity contribution in [1.82, 2.24) is 4.98 Å². The molecular weight excluding hydrogens is 220 g/mol. The highest BCUT2D eigenvalue weighted by Gasteiger charge is 2.27. The minimum atomic E-state index is -1.14. The van der Waals surface area contributed by atoms with Gasteiger partial charge in [0.05, 0.1) is 12.1 Å². The first-order valence-electron chi connectivity index (χ1n) is 5.27. The van der Waals surface area contributed by atoms with Crippen LogP contribution in [-0.4, -0.2) is 22.6 Å². The van der Waals surface area contributed by atoms with Crippen LogP contribution >= 0.6 is 0 Å². The summed E-state index contributed by atoms with van der Waals surface area (Å²) in [6.07, 6.45) is 1.48. The van der Waals surface area contributed by atoms with Gasteiger partial charge in [0.1, 0.15) is 5.76 Å². The smallest absolute Gasteiger partial charge is 0.392 e. The van der Waals surface area contributed by atoms with Gasteiger partial charge in [0.2, 0.25) is 0 Å². The van der Waals surface area contributed by atoms with Gasteiger partial charge >= 0.3 is 11.9 Å². The number of benzene rings is 1. The molecule has 5 nitrogen and oxygen atoms in total. The lowest BCUT2D eigenvalue weighted by atomic mass is 9.99. The van der Waals surface area contributed by atoms with Gasteiger partial charge in [-0.1, -0.05) is 18.2 Å². The summed E-state index contributed by atoms with van der Waals surface area (Å²) < 4.78 is 5.24.